The normalized spacial score (nSPS) is 13.7. The van der Waals surface area contributed by atoms with Gasteiger partial charge in [-0.05, 0) is 6.92 Å². The molecule has 0 amide bonds. The third-order valence-corrected chi connectivity index (χ3v) is 0.792. The van der Waals surface area contributed by atoms with Crippen molar-refractivity contribution in [1.82, 2.24) is 10.7 Å². The lowest BCUT2D eigenvalue weighted by Gasteiger charge is -2.04. The van der Waals surface area contributed by atoms with Gasteiger partial charge in [0.2, 0.25) is 0 Å². The van der Waals surface area contributed by atoms with Crippen molar-refractivity contribution in [2.75, 3.05) is 6.67 Å². The number of rotatable bonds is 4. The van der Waals surface area contributed by atoms with E-state index in [0.29, 0.717) is 0 Å². The van der Waals surface area contributed by atoms with Gasteiger partial charge in [-0.3, -0.25) is 5.84 Å². The molecule has 0 saturated heterocycles. The molecule has 0 fully saturated rings. The lowest BCUT2D eigenvalue weighted by molar-refractivity contribution is 0.417. The Bertz CT molecular complexity index is 84.3. The summed E-state index contributed by atoms with van der Waals surface area (Å²) in [6, 6.07) is -0.144. The Morgan fingerprint density at radius 1 is 1.67 bits per heavy atom. The van der Waals surface area contributed by atoms with Crippen molar-refractivity contribution in [2.45, 2.75) is 13.0 Å². The van der Waals surface area contributed by atoms with Crippen molar-refractivity contribution in [3.05, 3.63) is 12.4 Å². The highest BCUT2D eigenvalue weighted by molar-refractivity contribution is 4.77. The highest BCUT2D eigenvalue weighted by atomic mass is 19.1. The van der Waals surface area contributed by atoms with E-state index in [9.17, 15) is 4.39 Å². The van der Waals surface area contributed by atoms with Gasteiger partial charge in [0.25, 0.3) is 0 Å². The van der Waals surface area contributed by atoms with Crippen molar-refractivity contribution >= 4 is 0 Å². The van der Waals surface area contributed by atoms with Gasteiger partial charge < -0.3 is 10.7 Å². The Balaban J connectivity index is 3.15. The number of halogens is 1. The molecule has 0 aliphatic rings. The average molecular weight is 133 g/mol. The molecule has 9 heavy (non-hydrogen) atoms. The number of alkyl halides is 1. The van der Waals surface area contributed by atoms with Crippen molar-refractivity contribution in [3.8, 4) is 0 Å². The van der Waals surface area contributed by atoms with E-state index < -0.39 is 0 Å². The van der Waals surface area contributed by atoms with Crippen LogP contribution < -0.4 is 16.6 Å². The van der Waals surface area contributed by atoms with Gasteiger partial charge in [0.15, 0.2) is 0 Å². The van der Waals surface area contributed by atoms with E-state index in [-0.39, 0.29) is 12.7 Å². The van der Waals surface area contributed by atoms with E-state index in [1.165, 1.54) is 6.20 Å². The lowest BCUT2D eigenvalue weighted by Crippen LogP contribution is -2.23. The Labute approximate surface area is 54.1 Å². The number of nitrogens with one attached hydrogen (secondary N) is 2. The molecular weight excluding hydrogens is 121 g/mol. The summed E-state index contributed by atoms with van der Waals surface area (Å²) in [5.74, 6) is 4.89. The molecule has 4 heteroatoms. The molecule has 0 aromatic heterocycles. The second-order valence-electron chi connectivity index (χ2n) is 1.72. The van der Waals surface area contributed by atoms with Gasteiger partial charge in [0, 0.05) is 12.4 Å². The quantitative estimate of drug-likeness (QED) is 0.370. The third kappa shape index (κ3) is 5.10. The van der Waals surface area contributed by atoms with Gasteiger partial charge in [-0.1, -0.05) is 0 Å². The van der Waals surface area contributed by atoms with E-state index >= 15 is 0 Å². The summed E-state index contributed by atoms with van der Waals surface area (Å²) in [4.78, 5) is 0. The standard InChI is InChI=1S/C5H12FN3/c1-5(4-6)8-2-3-9-7/h2-3,5,8-9H,4,7H2,1H3. The first-order chi connectivity index (χ1) is 4.31. The molecule has 0 aliphatic carbocycles. The maximum absolute atomic E-state index is 11.7. The van der Waals surface area contributed by atoms with E-state index in [0.717, 1.165) is 0 Å². The van der Waals surface area contributed by atoms with Crippen LogP contribution in [0.1, 0.15) is 6.92 Å². The van der Waals surface area contributed by atoms with Crippen LogP contribution in [0.25, 0.3) is 0 Å². The summed E-state index contributed by atoms with van der Waals surface area (Å²) in [6.45, 7) is 1.36. The summed E-state index contributed by atoms with van der Waals surface area (Å²) in [5, 5.41) is 2.74. The van der Waals surface area contributed by atoms with Crippen LogP contribution in [0.5, 0.6) is 0 Å². The van der Waals surface area contributed by atoms with Crippen molar-refractivity contribution < 1.29 is 4.39 Å². The monoisotopic (exact) mass is 133 g/mol. The van der Waals surface area contributed by atoms with Crippen molar-refractivity contribution in [3.63, 3.8) is 0 Å². The van der Waals surface area contributed by atoms with Gasteiger partial charge >= 0.3 is 0 Å². The zero-order valence-electron chi connectivity index (χ0n) is 5.39. The molecule has 4 N–H and O–H groups in total. The number of hydrogen-bond donors (Lipinski definition) is 3. The Hall–Kier alpha value is -0.770. The summed E-state index contributed by atoms with van der Waals surface area (Å²) >= 11 is 0. The van der Waals surface area contributed by atoms with E-state index in [1.54, 1.807) is 13.1 Å². The summed E-state index contributed by atoms with van der Waals surface area (Å²) < 4.78 is 11.7. The summed E-state index contributed by atoms with van der Waals surface area (Å²) in [6.07, 6.45) is 3.05. The van der Waals surface area contributed by atoms with Gasteiger partial charge in [-0.2, -0.15) is 0 Å². The van der Waals surface area contributed by atoms with Crippen LogP contribution in [0.2, 0.25) is 0 Å². The number of nitrogens with two attached hydrogens (primary N) is 1. The first-order valence-electron chi connectivity index (χ1n) is 2.74. The maximum atomic E-state index is 11.7. The lowest BCUT2D eigenvalue weighted by atomic mass is 10.4. The fraction of sp³-hybridized carbons (Fsp3) is 0.600. The van der Waals surface area contributed by atoms with Gasteiger partial charge in [0.05, 0.1) is 6.04 Å². The molecule has 0 heterocycles. The number of hydrogen-bond acceptors (Lipinski definition) is 3. The minimum atomic E-state index is -0.380. The van der Waals surface area contributed by atoms with Gasteiger partial charge in [0.1, 0.15) is 6.67 Å². The van der Waals surface area contributed by atoms with Crippen LogP contribution in [0.15, 0.2) is 12.4 Å². The molecule has 1 unspecified atom stereocenters. The van der Waals surface area contributed by atoms with Crippen LogP contribution in [0.3, 0.4) is 0 Å². The molecule has 54 valence electrons. The molecule has 0 spiro atoms. The zero-order chi connectivity index (χ0) is 7.11. The fourth-order valence-electron chi connectivity index (χ4n) is 0.305. The van der Waals surface area contributed by atoms with Crippen LogP contribution in [-0.2, 0) is 0 Å². The predicted molar refractivity (Wildman–Crippen MR) is 35.0 cm³/mol. The van der Waals surface area contributed by atoms with Crippen LogP contribution in [0, 0.1) is 0 Å². The summed E-state index contributed by atoms with van der Waals surface area (Å²) in [5.41, 5.74) is 2.28. The molecule has 0 aromatic carbocycles. The van der Waals surface area contributed by atoms with E-state index in [4.69, 9.17) is 5.84 Å². The molecule has 0 rings (SSSR count). The highest BCUT2D eigenvalue weighted by Gasteiger charge is 1.92. The van der Waals surface area contributed by atoms with Gasteiger partial charge in [-0.25, -0.2) is 4.39 Å². The SMILES string of the molecule is CC(CF)NC=CNN. The minimum absolute atomic E-state index is 0.144. The number of hydrazine groups is 1. The largest absolute Gasteiger partial charge is 0.385 e. The first kappa shape index (κ1) is 8.23. The Morgan fingerprint density at radius 2 is 2.33 bits per heavy atom. The third-order valence-electron chi connectivity index (χ3n) is 0.792. The Morgan fingerprint density at radius 3 is 2.78 bits per heavy atom. The average Bonchev–Trinajstić information content (AvgIpc) is 1.89. The first-order valence-corrected chi connectivity index (χ1v) is 2.74. The molecule has 0 aromatic rings. The topological polar surface area (TPSA) is 50.1 Å². The van der Waals surface area contributed by atoms with E-state index in [2.05, 4.69) is 10.7 Å². The molecular formula is C5H12FN3. The molecule has 0 bridgehead atoms. The second kappa shape index (κ2) is 5.37. The van der Waals surface area contributed by atoms with Gasteiger partial charge in [-0.15, -0.1) is 0 Å². The maximum Gasteiger partial charge on any atom is 0.109 e. The van der Waals surface area contributed by atoms with Crippen molar-refractivity contribution in [1.29, 1.82) is 0 Å². The highest BCUT2D eigenvalue weighted by Crippen LogP contribution is 1.79. The minimum Gasteiger partial charge on any atom is -0.385 e. The fourth-order valence-corrected chi connectivity index (χ4v) is 0.305. The van der Waals surface area contributed by atoms with Crippen LogP contribution in [-0.4, -0.2) is 12.7 Å². The van der Waals surface area contributed by atoms with E-state index in [1.807, 2.05) is 0 Å². The smallest absolute Gasteiger partial charge is 0.109 e. The summed E-state index contributed by atoms with van der Waals surface area (Å²) in [7, 11) is 0. The Kier molecular flexibility index (Phi) is 4.91. The molecule has 0 saturated carbocycles. The molecule has 0 aliphatic heterocycles. The van der Waals surface area contributed by atoms with Crippen molar-refractivity contribution in [2.24, 2.45) is 5.84 Å². The molecule has 0 radical (unpaired) electrons. The zero-order valence-corrected chi connectivity index (χ0v) is 5.39. The molecule has 3 nitrogen and oxygen atoms in total. The van der Waals surface area contributed by atoms with Crippen LogP contribution >= 0.6 is 0 Å². The molecule has 1 atom stereocenters. The second-order valence-corrected chi connectivity index (χ2v) is 1.72. The van der Waals surface area contributed by atoms with Crippen LogP contribution in [0.4, 0.5) is 4.39 Å². The predicted octanol–water partition coefficient (Wildman–Crippen LogP) is -0.131.